The molecule has 11 heteroatoms. The number of nitrogens with zero attached hydrogens (tertiary/aromatic N) is 6. The smallest absolute Gasteiger partial charge is 0.242 e. The first-order valence-electron chi connectivity index (χ1n) is 12.0. The molecule has 1 saturated carbocycles. The first-order chi connectivity index (χ1) is 17.1. The SMILES string of the molecule is COc1cc(N2C[C@H]3CC[C@@H](C2)C3Nc2nc3n(n2)CCC[C@@H]3Oc2cc(F)cc(F)c2)cnn1. The van der Waals surface area contributed by atoms with Crippen LogP contribution in [0.4, 0.5) is 20.4 Å². The van der Waals surface area contributed by atoms with E-state index >= 15 is 0 Å². The second-order valence-electron chi connectivity index (χ2n) is 9.50. The zero-order valence-electron chi connectivity index (χ0n) is 19.4. The van der Waals surface area contributed by atoms with Crippen molar-refractivity contribution in [2.45, 2.75) is 44.4 Å². The number of rotatable bonds is 6. The highest BCUT2D eigenvalue weighted by Crippen LogP contribution is 2.40. The molecule has 1 N–H and O–H groups in total. The van der Waals surface area contributed by atoms with E-state index in [4.69, 9.17) is 14.5 Å². The zero-order chi connectivity index (χ0) is 23.9. The maximum absolute atomic E-state index is 13.6. The molecule has 4 atom stereocenters. The summed E-state index contributed by atoms with van der Waals surface area (Å²) in [6.07, 6.45) is 5.22. The molecule has 1 unspecified atom stereocenters. The summed E-state index contributed by atoms with van der Waals surface area (Å²) >= 11 is 0. The highest BCUT2D eigenvalue weighted by atomic mass is 19.1. The molecule has 184 valence electrons. The van der Waals surface area contributed by atoms with Gasteiger partial charge in [0.25, 0.3) is 0 Å². The number of aryl methyl sites for hydroxylation is 1. The Hall–Kier alpha value is -3.50. The minimum atomic E-state index is -0.664. The number of anilines is 2. The number of aromatic nitrogens is 5. The maximum atomic E-state index is 13.6. The van der Waals surface area contributed by atoms with Crippen LogP contribution in [0.25, 0.3) is 0 Å². The van der Waals surface area contributed by atoms with Crippen LogP contribution in [0, 0.1) is 23.5 Å². The van der Waals surface area contributed by atoms with Crippen molar-refractivity contribution in [1.82, 2.24) is 25.0 Å². The predicted molar refractivity (Wildman–Crippen MR) is 123 cm³/mol. The monoisotopic (exact) mass is 483 g/mol. The van der Waals surface area contributed by atoms with Crippen LogP contribution in [0.2, 0.25) is 0 Å². The number of piperidine rings is 1. The molecule has 4 heterocycles. The van der Waals surface area contributed by atoms with Crippen molar-refractivity contribution in [3.05, 3.63) is 47.9 Å². The van der Waals surface area contributed by atoms with Crippen molar-refractivity contribution >= 4 is 11.6 Å². The molecular formula is C24H27F2N7O2. The van der Waals surface area contributed by atoms with Gasteiger partial charge in [-0.3, -0.25) is 0 Å². The van der Waals surface area contributed by atoms with E-state index in [1.165, 1.54) is 12.1 Å². The molecule has 6 rings (SSSR count). The summed E-state index contributed by atoms with van der Waals surface area (Å²) in [5.41, 5.74) is 1.02. The van der Waals surface area contributed by atoms with Crippen molar-refractivity contribution in [3.8, 4) is 11.6 Å². The molecule has 1 saturated heterocycles. The summed E-state index contributed by atoms with van der Waals surface area (Å²) in [6, 6.07) is 5.42. The second kappa shape index (κ2) is 8.94. The summed E-state index contributed by atoms with van der Waals surface area (Å²) < 4.78 is 40.2. The number of fused-ring (bicyclic) bond motifs is 3. The van der Waals surface area contributed by atoms with Gasteiger partial charge in [0, 0.05) is 49.9 Å². The van der Waals surface area contributed by atoms with Crippen LogP contribution >= 0.6 is 0 Å². The fraction of sp³-hybridized carbons (Fsp3) is 0.500. The van der Waals surface area contributed by atoms with Crippen LogP contribution in [0.15, 0.2) is 30.5 Å². The Morgan fingerprint density at radius 2 is 1.80 bits per heavy atom. The van der Waals surface area contributed by atoms with Gasteiger partial charge in [0.15, 0.2) is 11.9 Å². The minimum absolute atomic E-state index is 0.158. The molecule has 3 aromatic rings. The van der Waals surface area contributed by atoms with E-state index in [1.54, 1.807) is 13.3 Å². The van der Waals surface area contributed by atoms with Crippen molar-refractivity contribution in [3.63, 3.8) is 0 Å². The van der Waals surface area contributed by atoms with Gasteiger partial charge in [0.05, 0.1) is 19.0 Å². The van der Waals surface area contributed by atoms with Crippen LogP contribution in [0.3, 0.4) is 0 Å². The summed E-state index contributed by atoms with van der Waals surface area (Å²) in [7, 11) is 1.59. The molecule has 2 fully saturated rings. The Morgan fingerprint density at radius 3 is 2.54 bits per heavy atom. The lowest BCUT2D eigenvalue weighted by Gasteiger charge is -2.39. The standard InChI is InChI=1S/C24H27F2N7O2/c1-34-21-10-18(11-27-30-21)32-12-14-4-5-15(13-32)22(14)28-24-29-23-20(3-2-6-33(23)31-24)35-19-8-16(25)7-17(26)9-19/h7-11,14-15,20,22H,2-6,12-13H2,1H3,(H,28,31)/t14-,15+,20-,22?/m0/s1. The molecule has 1 aliphatic carbocycles. The van der Waals surface area contributed by atoms with Gasteiger partial charge in [-0.15, -0.1) is 10.2 Å². The number of ether oxygens (including phenoxy) is 2. The van der Waals surface area contributed by atoms with Crippen molar-refractivity contribution in [1.29, 1.82) is 0 Å². The van der Waals surface area contributed by atoms with Gasteiger partial charge in [-0.25, -0.2) is 13.5 Å². The van der Waals surface area contributed by atoms with Crippen LogP contribution in [0.1, 0.15) is 37.6 Å². The Balaban J connectivity index is 1.16. The highest BCUT2D eigenvalue weighted by molar-refractivity contribution is 5.48. The molecule has 2 bridgehead atoms. The van der Waals surface area contributed by atoms with Crippen LogP contribution in [-0.4, -0.2) is 51.2 Å². The molecule has 1 aromatic carbocycles. The van der Waals surface area contributed by atoms with Crippen LogP contribution in [-0.2, 0) is 6.54 Å². The zero-order valence-corrected chi connectivity index (χ0v) is 19.4. The summed E-state index contributed by atoms with van der Waals surface area (Å²) in [5.74, 6) is 1.52. The molecule has 2 aliphatic heterocycles. The van der Waals surface area contributed by atoms with Gasteiger partial charge in [-0.05, 0) is 37.5 Å². The molecule has 0 amide bonds. The van der Waals surface area contributed by atoms with E-state index in [0.717, 1.165) is 50.7 Å². The van der Waals surface area contributed by atoms with Crippen LogP contribution in [0.5, 0.6) is 11.6 Å². The Labute approximate surface area is 201 Å². The fourth-order valence-electron chi connectivity index (χ4n) is 5.67. The van der Waals surface area contributed by atoms with Crippen molar-refractivity contribution < 1.29 is 18.3 Å². The molecule has 9 nitrogen and oxygen atoms in total. The fourth-order valence-corrected chi connectivity index (χ4v) is 5.67. The third-order valence-corrected chi connectivity index (χ3v) is 7.26. The summed E-state index contributed by atoms with van der Waals surface area (Å²) in [6.45, 7) is 2.56. The number of halogens is 2. The molecule has 3 aliphatic rings. The van der Waals surface area contributed by atoms with Crippen LogP contribution < -0.4 is 19.7 Å². The molecule has 0 spiro atoms. The topological polar surface area (TPSA) is 90.2 Å². The lowest BCUT2D eigenvalue weighted by Crippen LogP contribution is -2.48. The number of hydrogen-bond donors (Lipinski definition) is 1. The lowest BCUT2D eigenvalue weighted by atomic mass is 9.92. The predicted octanol–water partition coefficient (Wildman–Crippen LogP) is 3.60. The molecule has 2 aromatic heterocycles. The van der Waals surface area contributed by atoms with Gasteiger partial charge in [0.1, 0.15) is 17.4 Å². The van der Waals surface area contributed by atoms with E-state index < -0.39 is 17.7 Å². The summed E-state index contributed by atoms with van der Waals surface area (Å²) in [4.78, 5) is 7.10. The number of methoxy groups -OCH3 is 1. The average molecular weight is 484 g/mol. The van der Waals surface area contributed by atoms with E-state index in [-0.39, 0.29) is 11.8 Å². The Morgan fingerprint density at radius 1 is 1.03 bits per heavy atom. The normalized spacial score (nSPS) is 25.3. The van der Waals surface area contributed by atoms with Gasteiger partial charge < -0.3 is 19.7 Å². The third-order valence-electron chi connectivity index (χ3n) is 7.26. The molecular weight excluding hydrogens is 456 g/mol. The number of benzene rings is 1. The Bertz CT molecular complexity index is 1190. The second-order valence-corrected chi connectivity index (χ2v) is 9.50. The third kappa shape index (κ3) is 4.35. The minimum Gasteiger partial charge on any atom is -0.482 e. The summed E-state index contributed by atoms with van der Waals surface area (Å²) in [5, 5.41) is 16.3. The van der Waals surface area contributed by atoms with Gasteiger partial charge in [-0.2, -0.15) is 10.1 Å². The number of nitrogens with one attached hydrogen (secondary N) is 1. The first-order valence-corrected chi connectivity index (χ1v) is 12.0. The van der Waals surface area contributed by atoms with Crippen molar-refractivity contribution in [2.24, 2.45) is 11.8 Å². The largest absolute Gasteiger partial charge is 0.482 e. The Kier molecular flexibility index (Phi) is 5.62. The lowest BCUT2D eigenvalue weighted by molar-refractivity contribution is 0.154. The molecule has 0 radical (unpaired) electrons. The van der Waals surface area contributed by atoms with Gasteiger partial charge >= 0.3 is 0 Å². The average Bonchev–Trinajstić information content (AvgIpc) is 3.35. The highest BCUT2D eigenvalue weighted by Gasteiger charge is 2.43. The number of hydrogen-bond acceptors (Lipinski definition) is 8. The van der Waals surface area contributed by atoms with Crippen molar-refractivity contribution in [2.75, 3.05) is 30.4 Å². The van der Waals surface area contributed by atoms with E-state index in [1.807, 2.05) is 10.7 Å². The van der Waals surface area contributed by atoms with Gasteiger partial charge in [-0.1, -0.05) is 0 Å². The molecule has 35 heavy (non-hydrogen) atoms. The van der Waals surface area contributed by atoms with E-state index in [2.05, 4.69) is 25.5 Å². The maximum Gasteiger partial charge on any atom is 0.242 e. The van der Waals surface area contributed by atoms with Gasteiger partial charge in [0.2, 0.25) is 11.8 Å². The quantitative estimate of drug-likeness (QED) is 0.569. The first kappa shape index (κ1) is 22.0. The van der Waals surface area contributed by atoms with E-state index in [0.29, 0.717) is 35.9 Å². The van der Waals surface area contributed by atoms with E-state index in [9.17, 15) is 8.78 Å².